The lowest BCUT2D eigenvalue weighted by atomic mass is 10.1. The summed E-state index contributed by atoms with van der Waals surface area (Å²) < 4.78 is 0. The minimum absolute atomic E-state index is 0.612. The van der Waals surface area contributed by atoms with Crippen molar-refractivity contribution in [3.63, 3.8) is 0 Å². The van der Waals surface area contributed by atoms with Crippen LogP contribution >= 0.6 is 11.3 Å². The number of anilines is 1. The first kappa shape index (κ1) is 13.8. The molecule has 1 saturated carbocycles. The van der Waals surface area contributed by atoms with Gasteiger partial charge in [0.2, 0.25) is 0 Å². The number of aromatic nitrogens is 2. The molecule has 5 heteroatoms. The monoisotopic (exact) mass is 290 g/mol. The molecule has 2 aromatic heterocycles. The predicted octanol–water partition coefficient (Wildman–Crippen LogP) is 3.43. The average Bonchev–Trinajstić information content (AvgIpc) is 2.73. The largest absolute Gasteiger partial charge is 0.383 e. The van der Waals surface area contributed by atoms with Crippen LogP contribution in [0, 0.1) is 0 Å². The number of nitrogens with two attached hydrogens (primary N) is 1. The van der Waals surface area contributed by atoms with E-state index in [0.29, 0.717) is 11.9 Å². The van der Waals surface area contributed by atoms with Gasteiger partial charge in [0, 0.05) is 6.04 Å². The predicted molar refractivity (Wildman–Crippen MR) is 84.8 cm³/mol. The second kappa shape index (κ2) is 6.06. The minimum atomic E-state index is 0.612. The number of hydrogen-bond acceptors (Lipinski definition) is 5. The van der Waals surface area contributed by atoms with Gasteiger partial charge in [-0.25, -0.2) is 9.97 Å². The molecule has 20 heavy (non-hydrogen) atoms. The maximum atomic E-state index is 6.02. The lowest BCUT2D eigenvalue weighted by Crippen LogP contribution is -2.31. The summed E-state index contributed by atoms with van der Waals surface area (Å²) in [5.41, 5.74) is 6.02. The highest BCUT2D eigenvalue weighted by Crippen LogP contribution is 2.25. The van der Waals surface area contributed by atoms with Gasteiger partial charge in [-0.15, -0.1) is 11.3 Å². The molecule has 0 aliphatic heterocycles. The van der Waals surface area contributed by atoms with E-state index < -0.39 is 0 Å². The molecule has 0 amide bonds. The highest BCUT2D eigenvalue weighted by atomic mass is 32.1. The van der Waals surface area contributed by atoms with Crippen LogP contribution in [-0.2, 0) is 6.54 Å². The Morgan fingerprint density at radius 3 is 2.75 bits per heavy atom. The van der Waals surface area contributed by atoms with E-state index in [1.54, 1.807) is 11.3 Å². The van der Waals surface area contributed by atoms with Gasteiger partial charge in [0.1, 0.15) is 16.5 Å². The number of thiophene rings is 1. The van der Waals surface area contributed by atoms with Gasteiger partial charge in [0.25, 0.3) is 0 Å². The van der Waals surface area contributed by atoms with Crippen LogP contribution in [0.4, 0.5) is 5.82 Å². The van der Waals surface area contributed by atoms with Crippen LogP contribution in [-0.4, -0.2) is 28.0 Å². The molecule has 0 bridgehead atoms. The first-order valence-electron chi connectivity index (χ1n) is 7.44. The number of fused-ring (bicyclic) bond motifs is 1. The Morgan fingerprint density at radius 1 is 1.25 bits per heavy atom. The maximum absolute atomic E-state index is 6.02. The quantitative estimate of drug-likeness (QED) is 0.880. The van der Waals surface area contributed by atoms with Gasteiger partial charge in [-0.1, -0.05) is 25.7 Å². The fourth-order valence-electron chi connectivity index (χ4n) is 3.05. The van der Waals surface area contributed by atoms with E-state index in [2.05, 4.69) is 21.9 Å². The Balaban J connectivity index is 1.74. The Morgan fingerprint density at radius 2 is 2.00 bits per heavy atom. The Hall–Kier alpha value is -1.20. The molecule has 3 rings (SSSR count). The van der Waals surface area contributed by atoms with Crippen LogP contribution in [0.25, 0.3) is 10.2 Å². The topological polar surface area (TPSA) is 55.0 Å². The summed E-state index contributed by atoms with van der Waals surface area (Å²) in [5.74, 6) is 1.46. The number of nitrogens with zero attached hydrogens (tertiary/aromatic N) is 3. The van der Waals surface area contributed by atoms with Gasteiger partial charge >= 0.3 is 0 Å². The van der Waals surface area contributed by atoms with E-state index >= 15 is 0 Å². The van der Waals surface area contributed by atoms with E-state index in [4.69, 9.17) is 5.73 Å². The van der Waals surface area contributed by atoms with Gasteiger partial charge in [-0.05, 0) is 31.3 Å². The molecule has 2 N–H and O–H groups in total. The van der Waals surface area contributed by atoms with Crippen LogP contribution in [0.1, 0.15) is 44.3 Å². The van der Waals surface area contributed by atoms with Gasteiger partial charge in [-0.2, -0.15) is 0 Å². The Bertz CT molecular complexity index is 572. The van der Waals surface area contributed by atoms with Crippen LogP contribution < -0.4 is 5.73 Å². The molecular formula is C15H22N4S. The summed E-state index contributed by atoms with van der Waals surface area (Å²) >= 11 is 1.63. The third-order valence-corrected chi connectivity index (χ3v) is 5.05. The van der Waals surface area contributed by atoms with E-state index in [1.807, 2.05) is 11.4 Å². The zero-order valence-electron chi connectivity index (χ0n) is 12.0. The lowest BCUT2D eigenvalue weighted by molar-refractivity contribution is 0.208. The molecule has 1 aliphatic carbocycles. The second-order valence-electron chi connectivity index (χ2n) is 5.73. The summed E-state index contributed by atoms with van der Waals surface area (Å²) in [6.07, 6.45) is 8.06. The molecule has 2 aromatic rings. The van der Waals surface area contributed by atoms with Crippen molar-refractivity contribution in [1.29, 1.82) is 0 Å². The average molecular weight is 290 g/mol. The van der Waals surface area contributed by atoms with Crippen LogP contribution in [0.15, 0.2) is 11.4 Å². The maximum Gasteiger partial charge on any atom is 0.146 e. The van der Waals surface area contributed by atoms with Crippen molar-refractivity contribution in [2.45, 2.75) is 51.1 Å². The number of rotatable bonds is 3. The highest BCUT2D eigenvalue weighted by molar-refractivity contribution is 7.16. The molecule has 0 unspecified atom stereocenters. The van der Waals surface area contributed by atoms with Crippen molar-refractivity contribution in [2.24, 2.45) is 0 Å². The second-order valence-corrected chi connectivity index (χ2v) is 6.62. The standard InChI is InChI=1S/C15H22N4S/c1-19(11-6-4-2-3-5-7-11)10-13-17-14(16)12-8-9-20-15(12)18-13/h8-9,11H,2-7,10H2,1H3,(H2,16,17,18). The van der Waals surface area contributed by atoms with Crippen molar-refractivity contribution in [3.05, 3.63) is 17.3 Å². The molecule has 0 saturated heterocycles. The van der Waals surface area contributed by atoms with E-state index in [1.165, 1.54) is 38.5 Å². The van der Waals surface area contributed by atoms with Gasteiger partial charge in [0.05, 0.1) is 11.9 Å². The summed E-state index contributed by atoms with van der Waals surface area (Å²) in [4.78, 5) is 12.5. The summed E-state index contributed by atoms with van der Waals surface area (Å²) in [5, 5.41) is 3.00. The molecule has 1 aliphatic rings. The molecular weight excluding hydrogens is 268 g/mol. The molecule has 2 heterocycles. The third kappa shape index (κ3) is 2.94. The van der Waals surface area contributed by atoms with E-state index in [0.717, 1.165) is 22.6 Å². The summed E-state index contributed by atoms with van der Waals surface area (Å²) in [6.45, 7) is 0.794. The lowest BCUT2D eigenvalue weighted by Gasteiger charge is -2.26. The first-order chi connectivity index (χ1) is 9.74. The Labute approximate surface area is 124 Å². The first-order valence-corrected chi connectivity index (χ1v) is 8.32. The third-order valence-electron chi connectivity index (χ3n) is 4.24. The van der Waals surface area contributed by atoms with Crippen molar-refractivity contribution in [2.75, 3.05) is 12.8 Å². The molecule has 0 atom stereocenters. The van der Waals surface area contributed by atoms with Crippen molar-refractivity contribution >= 4 is 27.4 Å². The van der Waals surface area contributed by atoms with Crippen LogP contribution in [0.2, 0.25) is 0 Å². The normalized spacial score (nSPS) is 17.7. The smallest absolute Gasteiger partial charge is 0.146 e. The molecule has 0 aromatic carbocycles. The van der Waals surface area contributed by atoms with Crippen LogP contribution in [0.3, 0.4) is 0 Å². The zero-order valence-corrected chi connectivity index (χ0v) is 12.8. The van der Waals surface area contributed by atoms with Gasteiger partial charge in [-0.3, -0.25) is 4.90 Å². The molecule has 108 valence electrons. The highest BCUT2D eigenvalue weighted by Gasteiger charge is 2.18. The van der Waals surface area contributed by atoms with Gasteiger partial charge in [0.15, 0.2) is 0 Å². The molecule has 4 nitrogen and oxygen atoms in total. The van der Waals surface area contributed by atoms with Crippen molar-refractivity contribution < 1.29 is 0 Å². The zero-order chi connectivity index (χ0) is 13.9. The fourth-order valence-corrected chi connectivity index (χ4v) is 3.84. The molecule has 0 spiro atoms. The summed E-state index contributed by atoms with van der Waals surface area (Å²) in [6, 6.07) is 2.66. The van der Waals surface area contributed by atoms with E-state index in [-0.39, 0.29) is 0 Å². The number of nitrogen functional groups attached to an aromatic ring is 1. The number of hydrogen-bond donors (Lipinski definition) is 1. The molecule has 0 radical (unpaired) electrons. The molecule has 1 fully saturated rings. The van der Waals surface area contributed by atoms with E-state index in [9.17, 15) is 0 Å². The van der Waals surface area contributed by atoms with Crippen molar-refractivity contribution in [1.82, 2.24) is 14.9 Å². The summed E-state index contributed by atoms with van der Waals surface area (Å²) in [7, 11) is 2.19. The Kier molecular flexibility index (Phi) is 4.17. The van der Waals surface area contributed by atoms with Crippen molar-refractivity contribution in [3.8, 4) is 0 Å². The van der Waals surface area contributed by atoms with Gasteiger partial charge < -0.3 is 5.73 Å². The van der Waals surface area contributed by atoms with Crippen LogP contribution in [0.5, 0.6) is 0 Å². The minimum Gasteiger partial charge on any atom is -0.383 e. The SMILES string of the molecule is CN(Cc1nc(N)c2ccsc2n1)C1CCCCCC1. The fraction of sp³-hybridized carbons (Fsp3) is 0.600.